The van der Waals surface area contributed by atoms with E-state index in [-0.39, 0.29) is 10.5 Å². The zero-order valence-corrected chi connectivity index (χ0v) is 13.2. The Morgan fingerprint density at radius 3 is 2.33 bits per heavy atom. The van der Waals surface area contributed by atoms with Crippen molar-refractivity contribution in [3.05, 3.63) is 69.2 Å². The van der Waals surface area contributed by atoms with Gasteiger partial charge in [-0.15, -0.1) is 0 Å². The highest BCUT2D eigenvalue weighted by Crippen LogP contribution is 2.21. The van der Waals surface area contributed by atoms with Crippen molar-refractivity contribution >= 4 is 21.8 Å². The topological polar surface area (TPSA) is 29.1 Å². The molecule has 21 heavy (non-hydrogen) atoms. The number of rotatable bonds is 3. The molecule has 0 fully saturated rings. The van der Waals surface area contributed by atoms with Gasteiger partial charge in [0.25, 0.3) is 5.91 Å². The van der Waals surface area contributed by atoms with Gasteiger partial charge < -0.3 is 5.32 Å². The molecule has 0 bridgehead atoms. The van der Waals surface area contributed by atoms with Crippen molar-refractivity contribution in [1.29, 1.82) is 0 Å². The van der Waals surface area contributed by atoms with Crippen LogP contribution in [0.5, 0.6) is 0 Å². The number of aryl methyl sites for hydroxylation is 1. The van der Waals surface area contributed by atoms with E-state index in [0.717, 1.165) is 23.3 Å². The van der Waals surface area contributed by atoms with E-state index in [1.165, 1.54) is 0 Å². The molecule has 1 unspecified atom stereocenters. The van der Waals surface area contributed by atoms with Gasteiger partial charge in [-0.25, -0.2) is 8.78 Å². The van der Waals surface area contributed by atoms with Crippen molar-refractivity contribution in [1.82, 2.24) is 5.32 Å². The van der Waals surface area contributed by atoms with E-state index in [4.69, 9.17) is 0 Å². The molecule has 2 aromatic carbocycles. The van der Waals surface area contributed by atoms with Gasteiger partial charge in [-0.05, 0) is 37.1 Å². The Kier molecular flexibility index (Phi) is 4.73. The Hall–Kier alpha value is -1.75. The summed E-state index contributed by atoms with van der Waals surface area (Å²) >= 11 is 2.98. The van der Waals surface area contributed by atoms with Crippen LogP contribution in [-0.4, -0.2) is 5.91 Å². The first-order valence-electron chi connectivity index (χ1n) is 6.41. The van der Waals surface area contributed by atoms with Gasteiger partial charge in [-0.2, -0.15) is 0 Å². The lowest BCUT2D eigenvalue weighted by atomic mass is 10.0. The number of carbonyl (C=O) groups is 1. The first kappa shape index (κ1) is 15.6. The summed E-state index contributed by atoms with van der Waals surface area (Å²) in [5.41, 5.74) is 1.34. The Bertz CT molecular complexity index is 665. The minimum Gasteiger partial charge on any atom is -0.345 e. The molecular formula is C16H14BrF2NO. The zero-order valence-electron chi connectivity index (χ0n) is 11.6. The number of carbonyl (C=O) groups excluding carboxylic acids is 1. The molecule has 5 heteroatoms. The minimum atomic E-state index is -0.892. The number of benzene rings is 2. The second kappa shape index (κ2) is 6.35. The van der Waals surface area contributed by atoms with Crippen molar-refractivity contribution < 1.29 is 13.6 Å². The van der Waals surface area contributed by atoms with Gasteiger partial charge in [0.1, 0.15) is 17.2 Å². The molecule has 1 N–H and O–H groups in total. The third-order valence-corrected chi connectivity index (χ3v) is 3.69. The first-order chi connectivity index (χ1) is 9.90. The number of halogens is 3. The van der Waals surface area contributed by atoms with Crippen LogP contribution in [0, 0.1) is 18.6 Å². The van der Waals surface area contributed by atoms with E-state index >= 15 is 0 Å². The maximum absolute atomic E-state index is 13.8. The van der Waals surface area contributed by atoms with Crippen LogP contribution >= 0.6 is 15.9 Å². The number of amides is 1. The molecule has 2 rings (SSSR count). The van der Waals surface area contributed by atoms with Gasteiger partial charge in [0.05, 0.1) is 6.04 Å². The average Bonchev–Trinajstić information content (AvgIpc) is 2.37. The van der Waals surface area contributed by atoms with Crippen molar-refractivity contribution in [2.45, 2.75) is 19.9 Å². The van der Waals surface area contributed by atoms with Crippen molar-refractivity contribution in [3.8, 4) is 0 Å². The molecule has 0 radical (unpaired) electrons. The molecule has 0 saturated heterocycles. The highest BCUT2D eigenvalue weighted by Gasteiger charge is 2.20. The highest BCUT2D eigenvalue weighted by molar-refractivity contribution is 9.10. The van der Waals surface area contributed by atoms with E-state index in [2.05, 4.69) is 21.2 Å². The molecular weight excluding hydrogens is 340 g/mol. The number of hydrogen-bond acceptors (Lipinski definition) is 1. The molecule has 0 heterocycles. The minimum absolute atomic E-state index is 0.251. The molecule has 0 saturated carbocycles. The Labute approximate surface area is 130 Å². The van der Waals surface area contributed by atoms with Crippen molar-refractivity contribution in [2.75, 3.05) is 0 Å². The zero-order chi connectivity index (χ0) is 15.6. The van der Waals surface area contributed by atoms with Crippen LogP contribution < -0.4 is 5.32 Å². The van der Waals surface area contributed by atoms with E-state index in [9.17, 15) is 13.6 Å². The van der Waals surface area contributed by atoms with Crippen LogP contribution in [0.1, 0.15) is 34.5 Å². The monoisotopic (exact) mass is 353 g/mol. The molecule has 0 spiro atoms. The standard InChI is InChI=1S/C16H14BrF2NO/c1-9-5-3-4-6-12(9)10(2)20-16(21)15-13(18)7-11(17)8-14(15)19/h3-8,10H,1-2H3,(H,20,21). The SMILES string of the molecule is Cc1ccccc1C(C)NC(=O)c1c(F)cc(Br)cc1F. The average molecular weight is 354 g/mol. The summed E-state index contributed by atoms with van der Waals surface area (Å²) < 4.78 is 27.8. The molecule has 2 nitrogen and oxygen atoms in total. The van der Waals surface area contributed by atoms with Crippen LogP contribution in [0.2, 0.25) is 0 Å². The predicted molar refractivity (Wildman–Crippen MR) is 81.1 cm³/mol. The lowest BCUT2D eigenvalue weighted by molar-refractivity contribution is 0.0931. The highest BCUT2D eigenvalue weighted by atomic mass is 79.9. The molecule has 0 aromatic heterocycles. The smallest absolute Gasteiger partial charge is 0.257 e. The molecule has 0 aliphatic heterocycles. The van der Waals surface area contributed by atoms with E-state index in [0.29, 0.717) is 0 Å². The lowest BCUT2D eigenvalue weighted by Crippen LogP contribution is -2.28. The summed E-state index contributed by atoms with van der Waals surface area (Å²) in [4.78, 5) is 12.1. The third kappa shape index (κ3) is 3.47. The maximum Gasteiger partial charge on any atom is 0.257 e. The third-order valence-electron chi connectivity index (χ3n) is 3.24. The summed E-state index contributed by atoms with van der Waals surface area (Å²) in [7, 11) is 0. The predicted octanol–water partition coefficient (Wildman–Crippen LogP) is 4.53. The molecule has 110 valence electrons. The van der Waals surface area contributed by atoms with Crippen LogP contribution in [0.25, 0.3) is 0 Å². The summed E-state index contributed by atoms with van der Waals surface area (Å²) in [6, 6.07) is 9.31. The quantitative estimate of drug-likeness (QED) is 0.862. The molecule has 1 amide bonds. The van der Waals surface area contributed by atoms with E-state index in [1.807, 2.05) is 31.2 Å². The fourth-order valence-electron chi connectivity index (χ4n) is 2.18. The molecule has 1 atom stereocenters. The van der Waals surface area contributed by atoms with Gasteiger partial charge in [-0.1, -0.05) is 40.2 Å². The largest absolute Gasteiger partial charge is 0.345 e. The van der Waals surface area contributed by atoms with Crippen LogP contribution in [0.15, 0.2) is 40.9 Å². The molecule has 2 aromatic rings. The summed E-state index contributed by atoms with van der Waals surface area (Å²) in [5.74, 6) is -2.55. The van der Waals surface area contributed by atoms with Crippen molar-refractivity contribution in [3.63, 3.8) is 0 Å². The Balaban J connectivity index is 2.25. The Morgan fingerprint density at radius 2 is 1.76 bits per heavy atom. The summed E-state index contributed by atoms with van der Waals surface area (Å²) in [6.07, 6.45) is 0. The van der Waals surface area contributed by atoms with Crippen LogP contribution in [-0.2, 0) is 0 Å². The second-order valence-corrected chi connectivity index (χ2v) is 5.71. The van der Waals surface area contributed by atoms with Gasteiger partial charge in [0, 0.05) is 4.47 Å². The van der Waals surface area contributed by atoms with Crippen LogP contribution in [0.3, 0.4) is 0 Å². The van der Waals surface area contributed by atoms with Gasteiger partial charge in [-0.3, -0.25) is 4.79 Å². The summed E-state index contributed by atoms with van der Waals surface area (Å²) in [5, 5.41) is 2.62. The second-order valence-electron chi connectivity index (χ2n) is 4.80. The van der Waals surface area contributed by atoms with Gasteiger partial charge in [0.2, 0.25) is 0 Å². The molecule has 0 aliphatic rings. The van der Waals surface area contributed by atoms with Crippen LogP contribution in [0.4, 0.5) is 8.78 Å². The number of nitrogens with one attached hydrogen (secondary N) is 1. The lowest BCUT2D eigenvalue weighted by Gasteiger charge is -2.17. The van der Waals surface area contributed by atoms with Gasteiger partial charge in [0.15, 0.2) is 0 Å². The normalized spacial score (nSPS) is 12.0. The van der Waals surface area contributed by atoms with Gasteiger partial charge >= 0.3 is 0 Å². The van der Waals surface area contributed by atoms with E-state index < -0.39 is 23.1 Å². The fourth-order valence-corrected chi connectivity index (χ4v) is 2.58. The van der Waals surface area contributed by atoms with Crippen molar-refractivity contribution in [2.24, 2.45) is 0 Å². The number of hydrogen-bond donors (Lipinski definition) is 1. The molecule has 0 aliphatic carbocycles. The maximum atomic E-state index is 13.8. The fraction of sp³-hybridized carbons (Fsp3) is 0.188. The Morgan fingerprint density at radius 1 is 1.19 bits per heavy atom. The summed E-state index contributed by atoms with van der Waals surface area (Å²) in [6.45, 7) is 3.69. The first-order valence-corrected chi connectivity index (χ1v) is 7.20. The van der Waals surface area contributed by atoms with E-state index in [1.54, 1.807) is 6.92 Å².